The summed E-state index contributed by atoms with van der Waals surface area (Å²) < 4.78 is 18.3. The van der Waals surface area contributed by atoms with E-state index in [1.165, 1.54) is 13.8 Å². The van der Waals surface area contributed by atoms with Gasteiger partial charge in [0, 0.05) is 11.9 Å². The van der Waals surface area contributed by atoms with Crippen molar-refractivity contribution < 1.29 is 8.91 Å². The van der Waals surface area contributed by atoms with E-state index < -0.39 is 5.67 Å². The van der Waals surface area contributed by atoms with Crippen LogP contribution < -0.4 is 0 Å². The van der Waals surface area contributed by atoms with Crippen LogP contribution >= 0.6 is 0 Å². The highest BCUT2D eigenvalue weighted by atomic mass is 19.1. The summed E-state index contributed by atoms with van der Waals surface area (Å²) in [7, 11) is 0. The standard InChI is InChI=1S/C11H12FN3O/c1-11(2,12)10-14-9(15-16-10)7-8-5-3-4-6-13-8/h3-6H,7H2,1-2H3. The van der Waals surface area contributed by atoms with Gasteiger partial charge in [-0.1, -0.05) is 11.2 Å². The lowest BCUT2D eigenvalue weighted by molar-refractivity contribution is 0.155. The molecule has 0 saturated heterocycles. The van der Waals surface area contributed by atoms with Gasteiger partial charge >= 0.3 is 0 Å². The lowest BCUT2D eigenvalue weighted by Gasteiger charge is -2.05. The normalized spacial score (nSPS) is 11.7. The Morgan fingerprint density at radius 1 is 1.38 bits per heavy atom. The molecule has 0 unspecified atom stereocenters. The Labute approximate surface area is 92.5 Å². The van der Waals surface area contributed by atoms with Gasteiger partial charge in [0.15, 0.2) is 11.5 Å². The second-order valence-electron chi connectivity index (χ2n) is 3.99. The molecule has 84 valence electrons. The Kier molecular flexibility index (Phi) is 2.68. The lowest BCUT2D eigenvalue weighted by atomic mass is 10.2. The van der Waals surface area contributed by atoms with E-state index in [0.29, 0.717) is 12.2 Å². The quantitative estimate of drug-likeness (QED) is 0.797. The van der Waals surface area contributed by atoms with Crippen molar-refractivity contribution in [1.29, 1.82) is 0 Å². The molecule has 0 fully saturated rings. The van der Waals surface area contributed by atoms with Crippen molar-refractivity contribution in [3.8, 4) is 0 Å². The third kappa shape index (κ3) is 2.42. The fourth-order valence-electron chi connectivity index (χ4n) is 1.23. The fraction of sp³-hybridized carbons (Fsp3) is 0.364. The molecule has 2 aromatic heterocycles. The van der Waals surface area contributed by atoms with Crippen molar-refractivity contribution in [3.05, 3.63) is 41.8 Å². The first-order chi connectivity index (χ1) is 7.55. The largest absolute Gasteiger partial charge is 0.336 e. The van der Waals surface area contributed by atoms with Crippen LogP contribution in [0.25, 0.3) is 0 Å². The predicted octanol–water partition coefficient (Wildman–Crippen LogP) is 2.26. The van der Waals surface area contributed by atoms with Crippen LogP contribution in [0.15, 0.2) is 28.9 Å². The second kappa shape index (κ2) is 4.00. The van der Waals surface area contributed by atoms with Crippen LogP contribution in [0.4, 0.5) is 4.39 Å². The average molecular weight is 221 g/mol. The minimum absolute atomic E-state index is 0.00145. The number of halogens is 1. The highest BCUT2D eigenvalue weighted by Crippen LogP contribution is 2.22. The average Bonchev–Trinajstić information content (AvgIpc) is 2.67. The minimum atomic E-state index is -1.60. The lowest BCUT2D eigenvalue weighted by Crippen LogP contribution is -2.09. The molecule has 0 radical (unpaired) electrons. The first-order valence-corrected chi connectivity index (χ1v) is 4.97. The molecular weight excluding hydrogens is 209 g/mol. The summed E-state index contributed by atoms with van der Waals surface area (Å²) in [4.78, 5) is 8.11. The smallest absolute Gasteiger partial charge is 0.263 e. The molecule has 2 heterocycles. The number of hydrogen-bond acceptors (Lipinski definition) is 4. The zero-order valence-corrected chi connectivity index (χ0v) is 9.14. The van der Waals surface area contributed by atoms with Gasteiger partial charge in [-0.3, -0.25) is 4.98 Å². The van der Waals surface area contributed by atoms with Gasteiger partial charge in [-0.2, -0.15) is 4.98 Å². The SMILES string of the molecule is CC(C)(F)c1nc(Cc2ccccn2)no1. The molecule has 0 saturated carbocycles. The van der Waals surface area contributed by atoms with Crippen molar-refractivity contribution in [3.63, 3.8) is 0 Å². The molecule has 2 rings (SSSR count). The summed E-state index contributed by atoms with van der Waals surface area (Å²) >= 11 is 0. The number of pyridine rings is 1. The van der Waals surface area contributed by atoms with Gasteiger partial charge in [-0.15, -0.1) is 0 Å². The minimum Gasteiger partial charge on any atom is -0.336 e. The Bertz CT molecular complexity index is 462. The number of aromatic nitrogens is 3. The van der Waals surface area contributed by atoms with Crippen molar-refractivity contribution in [2.24, 2.45) is 0 Å². The zero-order chi connectivity index (χ0) is 11.6. The number of rotatable bonds is 3. The topological polar surface area (TPSA) is 51.8 Å². The van der Waals surface area contributed by atoms with E-state index in [1.54, 1.807) is 6.20 Å². The molecule has 0 aromatic carbocycles. The number of nitrogens with zero attached hydrogens (tertiary/aromatic N) is 3. The summed E-state index contributed by atoms with van der Waals surface area (Å²) in [6.45, 7) is 2.76. The maximum Gasteiger partial charge on any atom is 0.263 e. The first kappa shape index (κ1) is 10.7. The number of hydrogen-bond donors (Lipinski definition) is 0. The maximum absolute atomic E-state index is 13.5. The van der Waals surface area contributed by atoms with Gasteiger partial charge in [0.05, 0.1) is 6.42 Å². The van der Waals surface area contributed by atoms with Crippen molar-refractivity contribution in [2.75, 3.05) is 0 Å². The van der Waals surface area contributed by atoms with Gasteiger partial charge < -0.3 is 4.52 Å². The highest BCUT2D eigenvalue weighted by molar-refractivity contribution is 5.09. The van der Waals surface area contributed by atoms with E-state index >= 15 is 0 Å². The molecule has 16 heavy (non-hydrogen) atoms. The van der Waals surface area contributed by atoms with E-state index in [2.05, 4.69) is 15.1 Å². The van der Waals surface area contributed by atoms with E-state index in [0.717, 1.165) is 5.69 Å². The van der Waals surface area contributed by atoms with Gasteiger partial charge in [0.2, 0.25) is 0 Å². The summed E-state index contributed by atoms with van der Waals surface area (Å²) in [6.07, 6.45) is 2.13. The molecular formula is C11H12FN3O. The Morgan fingerprint density at radius 2 is 2.19 bits per heavy atom. The Balaban J connectivity index is 2.15. The van der Waals surface area contributed by atoms with Crippen LogP contribution in [0.2, 0.25) is 0 Å². The van der Waals surface area contributed by atoms with Gasteiger partial charge in [-0.25, -0.2) is 4.39 Å². The van der Waals surface area contributed by atoms with Crippen molar-refractivity contribution >= 4 is 0 Å². The van der Waals surface area contributed by atoms with Crippen LogP contribution in [0.1, 0.15) is 31.3 Å². The summed E-state index contributed by atoms with van der Waals surface area (Å²) in [5.74, 6) is 0.442. The van der Waals surface area contributed by atoms with Gasteiger partial charge in [0.25, 0.3) is 5.89 Å². The maximum atomic E-state index is 13.5. The molecule has 0 spiro atoms. The van der Waals surface area contributed by atoms with Crippen LogP contribution in [-0.2, 0) is 12.1 Å². The monoisotopic (exact) mass is 221 g/mol. The van der Waals surface area contributed by atoms with Gasteiger partial charge in [0.1, 0.15) is 0 Å². The van der Waals surface area contributed by atoms with Crippen molar-refractivity contribution in [1.82, 2.24) is 15.1 Å². The van der Waals surface area contributed by atoms with E-state index in [4.69, 9.17) is 4.52 Å². The molecule has 0 N–H and O–H groups in total. The molecule has 0 aliphatic heterocycles. The summed E-state index contributed by atoms with van der Waals surface area (Å²) in [5.41, 5.74) is -0.776. The molecule has 0 amide bonds. The van der Waals surface area contributed by atoms with Crippen LogP contribution in [-0.4, -0.2) is 15.1 Å². The Morgan fingerprint density at radius 3 is 2.75 bits per heavy atom. The molecule has 0 bridgehead atoms. The van der Waals surface area contributed by atoms with Crippen LogP contribution in [0.5, 0.6) is 0 Å². The number of alkyl halides is 1. The van der Waals surface area contributed by atoms with Crippen molar-refractivity contribution in [2.45, 2.75) is 25.9 Å². The third-order valence-electron chi connectivity index (χ3n) is 2.04. The predicted molar refractivity (Wildman–Crippen MR) is 55.5 cm³/mol. The molecule has 0 aliphatic rings. The highest BCUT2D eigenvalue weighted by Gasteiger charge is 2.26. The fourth-order valence-corrected chi connectivity index (χ4v) is 1.23. The molecule has 0 aliphatic carbocycles. The van der Waals surface area contributed by atoms with E-state index in [9.17, 15) is 4.39 Å². The molecule has 5 heteroatoms. The summed E-state index contributed by atoms with van der Waals surface area (Å²) in [6, 6.07) is 5.56. The second-order valence-corrected chi connectivity index (χ2v) is 3.99. The zero-order valence-electron chi connectivity index (χ0n) is 9.14. The third-order valence-corrected chi connectivity index (χ3v) is 2.04. The molecule has 4 nitrogen and oxygen atoms in total. The molecule has 0 atom stereocenters. The Hall–Kier alpha value is -1.78. The van der Waals surface area contributed by atoms with E-state index in [-0.39, 0.29) is 5.89 Å². The first-order valence-electron chi connectivity index (χ1n) is 4.97. The molecule has 2 aromatic rings. The summed E-state index contributed by atoms with van der Waals surface area (Å²) in [5, 5.41) is 3.71. The van der Waals surface area contributed by atoms with E-state index in [1.807, 2.05) is 18.2 Å². The van der Waals surface area contributed by atoms with Crippen LogP contribution in [0, 0.1) is 0 Å². The van der Waals surface area contributed by atoms with Crippen LogP contribution in [0.3, 0.4) is 0 Å². The van der Waals surface area contributed by atoms with Gasteiger partial charge in [-0.05, 0) is 26.0 Å².